The van der Waals surface area contributed by atoms with Crippen LogP contribution < -0.4 is 0 Å². The lowest BCUT2D eigenvalue weighted by Crippen LogP contribution is -2.32. The number of hydrogen-bond donors (Lipinski definition) is 0. The van der Waals surface area contributed by atoms with Crippen molar-refractivity contribution in [3.63, 3.8) is 0 Å². The highest BCUT2D eigenvalue weighted by Gasteiger charge is 2.25. The van der Waals surface area contributed by atoms with E-state index in [1.165, 1.54) is 18.4 Å². The maximum Gasteiger partial charge on any atom is 0.0666 e. The minimum absolute atomic E-state index is 0.489. The zero-order valence-corrected chi connectivity index (χ0v) is 10.7. The minimum Gasteiger partial charge on any atom is -0.383 e. The van der Waals surface area contributed by atoms with Crippen LogP contribution >= 0.6 is 0 Å². The SMILES string of the molecule is C=C(/C(C)=C/COC)N1CCC[C@H]1COC. The maximum atomic E-state index is 5.24. The maximum absolute atomic E-state index is 5.24. The van der Waals surface area contributed by atoms with Crippen molar-refractivity contribution in [3.8, 4) is 0 Å². The van der Waals surface area contributed by atoms with Gasteiger partial charge >= 0.3 is 0 Å². The minimum atomic E-state index is 0.489. The van der Waals surface area contributed by atoms with Gasteiger partial charge in [-0.15, -0.1) is 0 Å². The monoisotopic (exact) mass is 225 g/mol. The van der Waals surface area contributed by atoms with Gasteiger partial charge in [0.05, 0.1) is 19.3 Å². The molecule has 1 fully saturated rings. The van der Waals surface area contributed by atoms with Crippen molar-refractivity contribution in [1.82, 2.24) is 4.90 Å². The third kappa shape index (κ3) is 3.35. The van der Waals surface area contributed by atoms with E-state index in [0.29, 0.717) is 12.6 Å². The molecule has 16 heavy (non-hydrogen) atoms. The average molecular weight is 225 g/mol. The quantitative estimate of drug-likeness (QED) is 0.647. The van der Waals surface area contributed by atoms with Crippen molar-refractivity contribution >= 4 is 0 Å². The lowest BCUT2D eigenvalue weighted by molar-refractivity contribution is 0.133. The summed E-state index contributed by atoms with van der Waals surface area (Å²) in [6.45, 7) is 8.78. The standard InChI is InChI=1S/C13H23NO2/c1-11(7-9-15-3)12(2)14-8-5-6-13(14)10-16-4/h7,13H,2,5-6,8-10H2,1,3-4H3/b11-7+/t13-/m0/s1. The summed E-state index contributed by atoms with van der Waals surface area (Å²) in [5.74, 6) is 0. The fourth-order valence-electron chi connectivity index (χ4n) is 2.11. The number of ether oxygens (including phenoxy) is 2. The summed E-state index contributed by atoms with van der Waals surface area (Å²) < 4.78 is 10.3. The molecule has 0 radical (unpaired) electrons. The zero-order chi connectivity index (χ0) is 12.0. The van der Waals surface area contributed by atoms with Gasteiger partial charge in [0, 0.05) is 26.5 Å². The largest absolute Gasteiger partial charge is 0.383 e. The van der Waals surface area contributed by atoms with Crippen LogP contribution in [0.2, 0.25) is 0 Å². The molecule has 1 saturated heterocycles. The zero-order valence-electron chi connectivity index (χ0n) is 10.7. The fourth-order valence-corrected chi connectivity index (χ4v) is 2.11. The van der Waals surface area contributed by atoms with Crippen molar-refractivity contribution in [3.05, 3.63) is 23.9 Å². The molecule has 0 bridgehead atoms. The molecule has 1 aliphatic heterocycles. The van der Waals surface area contributed by atoms with E-state index in [9.17, 15) is 0 Å². The number of nitrogens with zero attached hydrogens (tertiary/aromatic N) is 1. The Labute approximate surface area is 98.7 Å². The number of hydrogen-bond acceptors (Lipinski definition) is 3. The van der Waals surface area contributed by atoms with E-state index in [1.54, 1.807) is 14.2 Å². The Kier molecular flexibility index (Phi) is 5.56. The molecule has 0 aromatic rings. The summed E-state index contributed by atoms with van der Waals surface area (Å²) in [5.41, 5.74) is 2.31. The predicted molar refractivity (Wildman–Crippen MR) is 66.4 cm³/mol. The van der Waals surface area contributed by atoms with E-state index in [0.717, 1.165) is 18.8 Å². The lowest BCUT2D eigenvalue weighted by Gasteiger charge is -2.28. The van der Waals surface area contributed by atoms with Crippen molar-refractivity contribution in [2.24, 2.45) is 0 Å². The molecule has 0 unspecified atom stereocenters. The highest BCUT2D eigenvalue weighted by molar-refractivity contribution is 5.26. The molecule has 1 heterocycles. The first-order valence-electron chi connectivity index (χ1n) is 5.81. The lowest BCUT2D eigenvalue weighted by atomic mass is 10.1. The van der Waals surface area contributed by atoms with Crippen LogP contribution in [0.3, 0.4) is 0 Å². The Balaban J connectivity index is 2.58. The van der Waals surface area contributed by atoms with Crippen LogP contribution in [-0.4, -0.2) is 44.9 Å². The van der Waals surface area contributed by atoms with Crippen LogP contribution in [0.25, 0.3) is 0 Å². The van der Waals surface area contributed by atoms with E-state index in [1.807, 2.05) is 0 Å². The molecule has 1 atom stereocenters. The first kappa shape index (κ1) is 13.3. The first-order chi connectivity index (χ1) is 7.70. The Bertz CT molecular complexity index is 261. The molecule has 3 heteroatoms. The van der Waals surface area contributed by atoms with Gasteiger partial charge in [0.25, 0.3) is 0 Å². The predicted octanol–water partition coefficient (Wildman–Crippen LogP) is 2.20. The molecule has 3 nitrogen and oxygen atoms in total. The smallest absolute Gasteiger partial charge is 0.0666 e. The third-order valence-electron chi connectivity index (χ3n) is 3.09. The normalized spacial score (nSPS) is 21.6. The van der Waals surface area contributed by atoms with Crippen LogP contribution in [-0.2, 0) is 9.47 Å². The summed E-state index contributed by atoms with van der Waals surface area (Å²) in [4.78, 5) is 2.35. The van der Waals surface area contributed by atoms with E-state index >= 15 is 0 Å². The molecule has 1 rings (SSSR count). The number of methoxy groups -OCH3 is 2. The van der Waals surface area contributed by atoms with E-state index in [2.05, 4.69) is 24.5 Å². The van der Waals surface area contributed by atoms with E-state index < -0.39 is 0 Å². The van der Waals surface area contributed by atoms with Gasteiger partial charge in [-0.05, 0) is 25.3 Å². The topological polar surface area (TPSA) is 21.7 Å². The summed E-state index contributed by atoms with van der Waals surface area (Å²) in [6, 6.07) is 0.489. The van der Waals surface area contributed by atoms with Crippen molar-refractivity contribution in [2.45, 2.75) is 25.8 Å². The Hall–Kier alpha value is -0.800. The van der Waals surface area contributed by atoms with Crippen molar-refractivity contribution in [1.29, 1.82) is 0 Å². The fraction of sp³-hybridized carbons (Fsp3) is 0.692. The summed E-state index contributed by atoms with van der Waals surface area (Å²) in [6.07, 6.45) is 4.50. The molecule has 0 aliphatic carbocycles. The van der Waals surface area contributed by atoms with E-state index in [4.69, 9.17) is 9.47 Å². The Morgan fingerprint density at radius 3 is 2.81 bits per heavy atom. The number of likely N-dealkylation sites (tertiary alicyclic amines) is 1. The highest BCUT2D eigenvalue weighted by atomic mass is 16.5. The molecule has 0 N–H and O–H groups in total. The van der Waals surface area contributed by atoms with Gasteiger partial charge in [-0.25, -0.2) is 0 Å². The molecule has 0 aromatic heterocycles. The summed E-state index contributed by atoms with van der Waals surface area (Å²) >= 11 is 0. The van der Waals surface area contributed by atoms with Crippen molar-refractivity contribution < 1.29 is 9.47 Å². The number of rotatable bonds is 6. The molecule has 0 aromatic carbocycles. The van der Waals surface area contributed by atoms with Gasteiger partial charge in [-0.1, -0.05) is 12.7 Å². The molecular formula is C13H23NO2. The summed E-state index contributed by atoms with van der Waals surface area (Å²) in [7, 11) is 3.46. The summed E-state index contributed by atoms with van der Waals surface area (Å²) in [5, 5.41) is 0. The number of allylic oxidation sites excluding steroid dienone is 1. The molecule has 92 valence electrons. The van der Waals surface area contributed by atoms with Crippen molar-refractivity contribution in [2.75, 3.05) is 34.0 Å². The first-order valence-corrected chi connectivity index (χ1v) is 5.81. The van der Waals surface area contributed by atoms with Crippen LogP contribution in [0, 0.1) is 0 Å². The van der Waals surface area contributed by atoms with Gasteiger partial charge in [0.1, 0.15) is 0 Å². The van der Waals surface area contributed by atoms with Crippen LogP contribution in [0.4, 0.5) is 0 Å². The Morgan fingerprint density at radius 2 is 2.19 bits per heavy atom. The second-order valence-electron chi connectivity index (χ2n) is 4.23. The Morgan fingerprint density at radius 1 is 1.44 bits per heavy atom. The van der Waals surface area contributed by atoms with Crippen LogP contribution in [0.1, 0.15) is 19.8 Å². The van der Waals surface area contributed by atoms with Crippen LogP contribution in [0.5, 0.6) is 0 Å². The molecule has 0 spiro atoms. The average Bonchev–Trinajstić information content (AvgIpc) is 2.73. The second-order valence-corrected chi connectivity index (χ2v) is 4.23. The van der Waals surface area contributed by atoms with Crippen LogP contribution in [0.15, 0.2) is 23.9 Å². The van der Waals surface area contributed by atoms with Gasteiger partial charge in [-0.2, -0.15) is 0 Å². The molecule has 0 amide bonds. The highest BCUT2D eigenvalue weighted by Crippen LogP contribution is 2.25. The van der Waals surface area contributed by atoms with E-state index in [-0.39, 0.29) is 0 Å². The van der Waals surface area contributed by atoms with Gasteiger partial charge in [-0.3, -0.25) is 0 Å². The second kappa shape index (κ2) is 6.71. The molecule has 1 aliphatic rings. The molecule has 0 saturated carbocycles. The third-order valence-corrected chi connectivity index (χ3v) is 3.09. The van der Waals surface area contributed by atoms with Gasteiger partial charge < -0.3 is 14.4 Å². The molecular weight excluding hydrogens is 202 g/mol. The van der Waals surface area contributed by atoms with Gasteiger partial charge in [0.2, 0.25) is 0 Å². The van der Waals surface area contributed by atoms with Gasteiger partial charge in [0.15, 0.2) is 0 Å².